The van der Waals surface area contributed by atoms with Gasteiger partial charge in [0, 0.05) is 12.7 Å². The highest BCUT2D eigenvalue weighted by Gasteiger charge is 2.17. The fraction of sp³-hybridized carbons (Fsp3) is 0.500. The molecule has 1 aromatic carbocycles. The minimum atomic E-state index is 0.805. The molecule has 0 radical (unpaired) electrons. The van der Waals surface area contributed by atoms with E-state index in [4.69, 9.17) is 4.74 Å². The molecule has 0 saturated heterocycles. The van der Waals surface area contributed by atoms with Gasteiger partial charge in [0.15, 0.2) is 0 Å². The Hall–Kier alpha value is -1.18. The minimum Gasteiger partial charge on any atom is -0.493 e. The zero-order chi connectivity index (χ0) is 9.80. The molecule has 14 heavy (non-hydrogen) atoms. The largest absolute Gasteiger partial charge is 0.493 e. The van der Waals surface area contributed by atoms with Crippen molar-refractivity contribution in [1.29, 1.82) is 0 Å². The van der Waals surface area contributed by atoms with Gasteiger partial charge in [0.2, 0.25) is 0 Å². The molecule has 0 atom stereocenters. The second-order valence-electron chi connectivity index (χ2n) is 3.88. The van der Waals surface area contributed by atoms with Gasteiger partial charge in [-0.15, -0.1) is 0 Å². The van der Waals surface area contributed by atoms with Crippen LogP contribution in [0.1, 0.15) is 19.3 Å². The molecular weight excluding hydrogens is 174 g/mol. The first-order chi connectivity index (χ1) is 6.88. The molecule has 2 heteroatoms. The van der Waals surface area contributed by atoms with Crippen LogP contribution in [0.25, 0.3) is 0 Å². The molecule has 1 aromatic rings. The summed E-state index contributed by atoms with van der Waals surface area (Å²) in [5.41, 5.74) is 1.13. The van der Waals surface area contributed by atoms with Gasteiger partial charge in [0.1, 0.15) is 5.75 Å². The lowest BCUT2D eigenvalue weighted by molar-refractivity contribution is 0.180. The SMILES string of the molecule is CNc1ccc(OCC2CCC2)cc1. The monoisotopic (exact) mass is 191 g/mol. The quantitative estimate of drug-likeness (QED) is 0.790. The second-order valence-corrected chi connectivity index (χ2v) is 3.88. The molecule has 1 aliphatic rings. The Balaban J connectivity index is 1.83. The Labute approximate surface area is 85.3 Å². The molecule has 0 unspecified atom stereocenters. The maximum absolute atomic E-state index is 5.68. The number of hydrogen-bond donors (Lipinski definition) is 1. The van der Waals surface area contributed by atoms with Crippen molar-refractivity contribution in [2.45, 2.75) is 19.3 Å². The van der Waals surface area contributed by atoms with Crippen molar-refractivity contribution in [2.75, 3.05) is 19.0 Å². The van der Waals surface area contributed by atoms with Crippen LogP contribution < -0.4 is 10.1 Å². The highest BCUT2D eigenvalue weighted by Crippen LogP contribution is 2.27. The minimum absolute atomic E-state index is 0.805. The lowest BCUT2D eigenvalue weighted by Crippen LogP contribution is -2.19. The van der Waals surface area contributed by atoms with Crippen LogP contribution in [-0.4, -0.2) is 13.7 Å². The van der Waals surface area contributed by atoms with Gasteiger partial charge in [0.25, 0.3) is 0 Å². The van der Waals surface area contributed by atoms with Gasteiger partial charge < -0.3 is 10.1 Å². The summed E-state index contributed by atoms with van der Waals surface area (Å²) >= 11 is 0. The third-order valence-corrected chi connectivity index (χ3v) is 2.85. The number of ether oxygens (including phenoxy) is 1. The fourth-order valence-corrected chi connectivity index (χ4v) is 1.59. The molecule has 0 spiro atoms. The molecule has 0 aliphatic heterocycles. The van der Waals surface area contributed by atoms with Gasteiger partial charge in [0.05, 0.1) is 6.61 Å². The predicted molar refractivity (Wildman–Crippen MR) is 58.8 cm³/mol. The lowest BCUT2D eigenvalue weighted by Gasteiger charge is -2.25. The summed E-state index contributed by atoms with van der Waals surface area (Å²) in [6, 6.07) is 8.11. The van der Waals surface area contributed by atoms with Crippen LogP contribution in [0.15, 0.2) is 24.3 Å². The molecular formula is C12H17NO. The summed E-state index contributed by atoms with van der Waals surface area (Å²) in [5, 5.41) is 3.09. The van der Waals surface area contributed by atoms with Crippen LogP contribution in [0.3, 0.4) is 0 Å². The molecule has 2 rings (SSSR count). The Kier molecular flexibility index (Phi) is 2.92. The highest BCUT2D eigenvalue weighted by molar-refractivity contribution is 5.45. The molecule has 0 heterocycles. The van der Waals surface area contributed by atoms with E-state index in [1.807, 2.05) is 31.3 Å². The Morgan fingerprint density at radius 2 is 2.00 bits per heavy atom. The predicted octanol–water partition coefficient (Wildman–Crippen LogP) is 2.91. The first-order valence-corrected chi connectivity index (χ1v) is 5.29. The average Bonchev–Trinajstić information content (AvgIpc) is 2.16. The van der Waals surface area contributed by atoms with Crippen LogP contribution in [0.5, 0.6) is 5.75 Å². The number of nitrogens with one attached hydrogen (secondary N) is 1. The van der Waals surface area contributed by atoms with E-state index in [-0.39, 0.29) is 0 Å². The van der Waals surface area contributed by atoms with E-state index in [1.165, 1.54) is 19.3 Å². The van der Waals surface area contributed by atoms with E-state index in [2.05, 4.69) is 5.32 Å². The fourth-order valence-electron chi connectivity index (χ4n) is 1.59. The lowest BCUT2D eigenvalue weighted by atomic mass is 9.86. The van der Waals surface area contributed by atoms with Gasteiger partial charge in [-0.1, -0.05) is 6.42 Å². The summed E-state index contributed by atoms with van der Waals surface area (Å²) in [7, 11) is 1.92. The third kappa shape index (κ3) is 2.19. The van der Waals surface area contributed by atoms with E-state index < -0.39 is 0 Å². The van der Waals surface area contributed by atoms with Gasteiger partial charge in [-0.05, 0) is 43.0 Å². The Morgan fingerprint density at radius 3 is 2.50 bits per heavy atom. The van der Waals surface area contributed by atoms with E-state index >= 15 is 0 Å². The van der Waals surface area contributed by atoms with Crippen molar-refractivity contribution in [3.8, 4) is 5.75 Å². The summed E-state index contributed by atoms with van der Waals surface area (Å²) < 4.78 is 5.68. The van der Waals surface area contributed by atoms with Crippen LogP contribution in [-0.2, 0) is 0 Å². The van der Waals surface area contributed by atoms with Gasteiger partial charge in [-0.3, -0.25) is 0 Å². The highest BCUT2D eigenvalue weighted by atomic mass is 16.5. The van der Waals surface area contributed by atoms with Crippen LogP contribution in [0.2, 0.25) is 0 Å². The van der Waals surface area contributed by atoms with Crippen molar-refractivity contribution in [3.63, 3.8) is 0 Å². The molecule has 2 nitrogen and oxygen atoms in total. The average molecular weight is 191 g/mol. The van der Waals surface area contributed by atoms with E-state index in [0.29, 0.717) is 0 Å². The molecule has 76 valence electrons. The van der Waals surface area contributed by atoms with Gasteiger partial charge in [-0.25, -0.2) is 0 Å². The topological polar surface area (TPSA) is 21.3 Å². The van der Waals surface area contributed by atoms with Crippen LogP contribution in [0.4, 0.5) is 5.69 Å². The zero-order valence-corrected chi connectivity index (χ0v) is 8.62. The van der Waals surface area contributed by atoms with E-state index in [0.717, 1.165) is 24.0 Å². The second kappa shape index (κ2) is 4.36. The standard InChI is InChI=1S/C12H17NO/c1-13-11-5-7-12(8-6-11)14-9-10-3-2-4-10/h5-8,10,13H,2-4,9H2,1H3. The van der Waals surface area contributed by atoms with Crippen molar-refractivity contribution in [2.24, 2.45) is 5.92 Å². The van der Waals surface area contributed by atoms with Crippen molar-refractivity contribution < 1.29 is 4.74 Å². The Morgan fingerprint density at radius 1 is 1.29 bits per heavy atom. The summed E-state index contributed by atoms with van der Waals surface area (Å²) in [6.07, 6.45) is 4.07. The molecule has 1 saturated carbocycles. The summed E-state index contributed by atoms with van der Waals surface area (Å²) in [5.74, 6) is 1.79. The Bertz CT molecular complexity index is 277. The van der Waals surface area contributed by atoms with Gasteiger partial charge in [-0.2, -0.15) is 0 Å². The van der Waals surface area contributed by atoms with Crippen LogP contribution in [0, 0.1) is 5.92 Å². The maximum Gasteiger partial charge on any atom is 0.119 e. The molecule has 0 amide bonds. The van der Waals surface area contributed by atoms with Gasteiger partial charge >= 0.3 is 0 Å². The summed E-state index contributed by atoms with van der Waals surface area (Å²) in [6.45, 7) is 0.888. The number of hydrogen-bond acceptors (Lipinski definition) is 2. The molecule has 0 aromatic heterocycles. The molecule has 1 fully saturated rings. The number of rotatable bonds is 4. The smallest absolute Gasteiger partial charge is 0.119 e. The van der Waals surface area contributed by atoms with E-state index in [9.17, 15) is 0 Å². The third-order valence-electron chi connectivity index (χ3n) is 2.85. The van der Waals surface area contributed by atoms with E-state index in [1.54, 1.807) is 0 Å². The molecule has 1 aliphatic carbocycles. The molecule has 1 N–H and O–H groups in total. The molecule has 0 bridgehead atoms. The maximum atomic E-state index is 5.68. The summed E-state index contributed by atoms with van der Waals surface area (Å²) in [4.78, 5) is 0. The van der Waals surface area contributed by atoms with Crippen LogP contribution >= 0.6 is 0 Å². The van der Waals surface area contributed by atoms with Crippen molar-refractivity contribution in [3.05, 3.63) is 24.3 Å². The van der Waals surface area contributed by atoms with Crippen molar-refractivity contribution in [1.82, 2.24) is 0 Å². The number of benzene rings is 1. The zero-order valence-electron chi connectivity index (χ0n) is 8.62. The number of anilines is 1. The normalized spacial score (nSPS) is 16.1. The first-order valence-electron chi connectivity index (χ1n) is 5.29. The first kappa shape index (κ1) is 9.38. The van der Waals surface area contributed by atoms with Crippen molar-refractivity contribution >= 4 is 5.69 Å².